The molecule has 0 unspecified atom stereocenters. The number of halogens is 1. The van der Waals surface area contributed by atoms with E-state index in [1.165, 1.54) is 6.07 Å². The number of hydrogen-bond donors (Lipinski definition) is 2. The Labute approximate surface area is 149 Å². The summed E-state index contributed by atoms with van der Waals surface area (Å²) in [4.78, 5) is 14.7. The summed E-state index contributed by atoms with van der Waals surface area (Å²) in [5, 5.41) is 3.26. The Morgan fingerprint density at radius 1 is 1.25 bits per heavy atom. The van der Waals surface area contributed by atoms with Crippen molar-refractivity contribution in [3.05, 3.63) is 29.3 Å². The van der Waals surface area contributed by atoms with Crippen LogP contribution in [0.4, 0.5) is 0 Å². The lowest BCUT2D eigenvalue weighted by atomic mass is 10.1. The zero-order valence-electron chi connectivity index (χ0n) is 13.7. The highest BCUT2D eigenvalue weighted by molar-refractivity contribution is 7.89. The van der Waals surface area contributed by atoms with Crippen molar-refractivity contribution in [2.45, 2.75) is 37.1 Å². The largest absolute Gasteiger partial charge is 0.337 e. The first kappa shape index (κ1) is 19.2. The fourth-order valence-corrected chi connectivity index (χ4v) is 4.04. The second-order valence-electron chi connectivity index (χ2n) is 6.27. The van der Waals surface area contributed by atoms with Crippen molar-refractivity contribution >= 4 is 28.3 Å². The molecule has 1 heterocycles. The van der Waals surface area contributed by atoms with E-state index in [4.69, 9.17) is 0 Å². The van der Waals surface area contributed by atoms with Crippen LogP contribution in [0.3, 0.4) is 0 Å². The Kier molecular flexibility index (Phi) is 6.25. The molecule has 1 saturated carbocycles. The summed E-state index contributed by atoms with van der Waals surface area (Å²) < 4.78 is 27.4. The molecule has 2 N–H and O–H groups in total. The summed E-state index contributed by atoms with van der Waals surface area (Å²) >= 11 is 0. The highest BCUT2D eigenvalue weighted by Crippen LogP contribution is 2.23. The summed E-state index contributed by atoms with van der Waals surface area (Å²) in [7, 11) is -3.54. The van der Waals surface area contributed by atoms with Gasteiger partial charge in [-0.15, -0.1) is 12.4 Å². The minimum Gasteiger partial charge on any atom is -0.337 e. The lowest BCUT2D eigenvalue weighted by Crippen LogP contribution is -2.35. The van der Waals surface area contributed by atoms with Crippen LogP contribution in [-0.4, -0.2) is 51.4 Å². The number of hydrogen-bond acceptors (Lipinski definition) is 4. The molecule has 0 spiro atoms. The molecule has 1 aliphatic heterocycles. The Bertz CT molecular complexity index is 697. The van der Waals surface area contributed by atoms with E-state index < -0.39 is 10.0 Å². The molecular formula is C16H24ClN3O3S. The van der Waals surface area contributed by atoms with Gasteiger partial charge in [0.25, 0.3) is 5.91 Å². The highest BCUT2D eigenvalue weighted by Gasteiger charge is 2.29. The van der Waals surface area contributed by atoms with Gasteiger partial charge in [0, 0.05) is 31.2 Å². The molecule has 1 amide bonds. The van der Waals surface area contributed by atoms with Crippen molar-refractivity contribution in [2.75, 3.05) is 26.2 Å². The third kappa shape index (κ3) is 4.47. The van der Waals surface area contributed by atoms with E-state index in [-0.39, 0.29) is 29.3 Å². The van der Waals surface area contributed by atoms with E-state index in [2.05, 4.69) is 10.0 Å². The summed E-state index contributed by atoms with van der Waals surface area (Å²) in [5.41, 5.74) is 1.28. The van der Waals surface area contributed by atoms with Crippen molar-refractivity contribution in [1.82, 2.24) is 14.9 Å². The van der Waals surface area contributed by atoms with Crippen LogP contribution >= 0.6 is 12.4 Å². The maximum Gasteiger partial charge on any atom is 0.254 e. The molecular weight excluding hydrogens is 350 g/mol. The van der Waals surface area contributed by atoms with Gasteiger partial charge in [0.05, 0.1) is 4.90 Å². The Morgan fingerprint density at radius 3 is 2.71 bits per heavy atom. The minimum absolute atomic E-state index is 0. The van der Waals surface area contributed by atoms with Gasteiger partial charge in [-0.05, 0) is 50.4 Å². The lowest BCUT2D eigenvalue weighted by Gasteiger charge is -2.21. The predicted octanol–water partition coefficient (Wildman–Crippen LogP) is 1.29. The van der Waals surface area contributed by atoms with Gasteiger partial charge in [0.2, 0.25) is 10.0 Å². The van der Waals surface area contributed by atoms with Gasteiger partial charge in [0.1, 0.15) is 0 Å². The fourth-order valence-electron chi connectivity index (χ4n) is 2.71. The number of carbonyl (C=O) groups is 1. The normalized spacial score (nSPS) is 18.6. The van der Waals surface area contributed by atoms with Crippen LogP contribution in [-0.2, 0) is 10.0 Å². The predicted molar refractivity (Wildman–Crippen MR) is 95.2 cm³/mol. The summed E-state index contributed by atoms with van der Waals surface area (Å²) in [6, 6.07) is 4.85. The van der Waals surface area contributed by atoms with Crippen molar-refractivity contribution in [3.63, 3.8) is 0 Å². The van der Waals surface area contributed by atoms with Crippen LogP contribution in [0.15, 0.2) is 23.1 Å². The molecule has 0 bridgehead atoms. The first-order valence-corrected chi connectivity index (χ1v) is 9.59. The number of sulfonamides is 1. The molecule has 6 nitrogen and oxygen atoms in total. The van der Waals surface area contributed by atoms with Gasteiger partial charge in [-0.2, -0.15) is 0 Å². The first-order chi connectivity index (χ1) is 11.0. The summed E-state index contributed by atoms with van der Waals surface area (Å²) in [6.07, 6.45) is 2.68. The molecule has 24 heavy (non-hydrogen) atoms. The zero-order chi connectivity index (χ0) is 16.4. The number of aryl methyl sites for hydroxylation is 1. The van der Waals surface area contributed by atoms with Crippen LogP contribution in [0, 0.1) is 6.92 Å². The maximum atomic E-state index is 12.8. The van der Waals surface area contributed by atoms with Gasteiger partial charge >= 0.3 is 0 Å². The molecule has 1 saturated heterocycles. The first-order valence-electron chi connectivity index (χ1n) is 8.10. The van der Waals surface area contributed by atoms with Crippen molar-refractivity contribution in [3.8, 4) is 0 Å². The molecule has 1 aliphatic carbocycles. The standard InChI is InChI=1S/C16H23N3O3S.ClH/c1-12-3-6-14(23(21,22)18-13-4-5-13)11-15(12)16(20)19-9-2-7-17-8-10-19;/h3,6,11,13,17-18H,2,4-5,7-10H2,1H3;1H. The number of benzene rings is 1. The van der Waals surface area contributed by atoms with Crippen LogP contribution in [0.2, 0.25) is 0 Å². The molecule has 0 radical (unpaired) electrons. The van der Waals surface area contributed by atoms with Crippen LogP contribution in [0.25, 0.3) is 0 Å². The third-order valence-corrected chi connectivity index (χ3v) is 5.79. The summed E-state index contributed by atoms with van der Waals surface area (Å²) in [6.45, 7) is 4.86. The molecule has 8 heteroatoms. The Hall–Kier alpha value is -1.15. The lowest BCUT2D eigenvalue weighted by molar-refractivity contribution is 0.0765. The van der Waals surface area contributed by atoms with E-state index in [0.717, 1.165) is 37.9 Å². The maximum absolute atomic E-state index is 12.8. The second-order valence-corrected chi connectivity index (χ2v) is 7.98. The topological polar surface area (TPSA) is 78.5 Å². The highest BCUT2D eigenvalue weighted by atomic mass is 35.5. The number of nitrogens with one attached hydrogen (secondary N) is 2. The van der Waals surface area contributed by atoms with Crippen LogP contribution in [0.5, 0.6) is 0 Å². The Morgan fingerprint density at radius 2 is 2.00 bits per heavy atom. The fraction of sp³-hybridized carbons (Fsp3) is 0.562. The summed E-state index contributed by atoms with van der Waals surface area (Å²) in [5.74, 6) is -0.0883. The number of amides is 1. The molecule has 0 atom stereocenters. The van der Waals surface area contributed by atoms with Gasteiger partial charge < -0.3 is 10.2 Å². The molecule has 1 aromatic carbocycles. The van der Waals surface area contributed by atoms with Crippen molar-refractivity contribution in [1.29, 1.82) is 0 Å². The van der Waals surface area contributed by atoms with Crippen molar-refractivity contribution < 1.29 is 13.2 Å². The van der Waals surface area contributed by atoms with Gasteiger partial charge in [-0.3, -0.25) is 4.79 Å². The quantitative estimate of drug-likeness (QED) is 0.833. The molecule has 3 rings (SSSR count). The van der Waals surface area contributed by atoms with Crippen LogP contribution < -0.4 is 10.0 Å². The molecule has 2 fully saturated rings. The Balaban J connectivity index is 0.00000208. The minimum atomic E-state index is -3.54. The van der Waals surface area contributed by atoms with Crippen molar-refractivity contribution in [2.24, 2.45) is 0 Å². The average molecular weight is 374 g/mol. The smallest absolute Gasteiger partial charge is 0.254 e. The number of carbonyl (C=O) groups excluding carboxylic acids is 1. The third-order valence-electron chi connectivity index (χ3n) is 4.28. The van der Waals surface area contributed by atoms with Crippen LogP contribution in [0.1, 0.15) is 35.2 Å². The molecule has 1 aromatic rings. The van der Waals surface area contributed by atoms with E-state index in [9.17, 15) is 13.2 Å². The molecule has 2 aliphatic rings. The average Bonchev–Trinajstić information content (AvgIpc) is 3.33. The SMILES string of the molecule is Cc1ccc(S(=O)(=O)NC2CC2)cc1C(=O)N1CCCNCC1.Cl. The van der Waals surface area contributed by atoms with Gasteiger partial charge in [-0.25, -0.2) is 13.1 Å². The second kappa shape index (κ2) is 7.82. The van der Waals surface area contributed by atoms with Gasteiger partial charge in [-0.1, -0.05) is 6.07 Å². The van der Waals surface area contributed by atoms with E-state index in [1.54, 1.807) is 17.0 Å². The number of rotatable bonds is 4. The molecule has 0 aromatic heterocycles. The van der Waals surface area contributed by atoms with E-state index in [1.807, 2.05) is 6.92 Å². The van der Waals surface area contributed by atoms with Gasteiger partial charge in [0.15, 0.2) is 0 Å². The number of nitrogens with zero attached hydrogens (tertiary/aromatic N) is 1. The van der Waals surface area contributed by atoms with E-state index in [0.29, 0.717) is 18.7 Å². The monoisotopic (exact) mass is 373 g/mol. The zero-order valence-corrected chi connectivity index (χ0v) is 15.4. The van der Waals surface area contributed by atoms with E-state index >= 15 is 0 Å². The molecule has 134 valence electrons.